The highest BCUT2D eigenvalue weighted by Gasteiger charge is 2.15. The fourth-order valence-electron chi connectivity index (χ4n) is 3.87. The summed E-state index contributed by atoms with van der Waals surface area (Å²) in [5.74, 6) is 0.397. The quantitative estimate of drug-likeness (QED) is 0.279. The van der Waals surface area contributed by atoms with Crippen LogP contribution in [0.1, 0.15) is 24.2 Å². The highest BCUT2D eigenvalue weighted by molar-refractivity contribution is 5.88. The van der Waals surface area contributed by atoms with Crippen molar-refractivity contribution >= 4 is 23.3 Å². The van der Waals surface area contributed by atoms with Gasteiger partial charge in [-0.2, -0.15) is 0 Å². The Morgan fingerprint density at radius 1 is 0.806 bits per heavy atom. The summed E-state index contributed by atoms with van der Waals surface area (Å²) in [6.45, 7) is 7.86. The largest absolute Gasteiger partial charge is 0.492 e. The molecule has 4 aromatic rings. The number of aromatic nitrogens is 2. The summed E-state index contributed by atoms with van der Waals surface area (Å²) < 4.78 is 5.95. The van der Waals surface area contributed by atoms with Crippen molar-refractivity contribution in [2.24, 2.45) is 0 Å². The van der Waals surface area contributed by atoms with Crippen molar-refractivity contribution < 1.29 is 14.6 Å². The summed E-state index contributed by atoms with van der Waals surface area (Å²) in [7, 11) is 0. The summed E-state index contributed by atoms with van der Waals surface area (Å²) in [6, 6.07) is 24.6. The lowest BCUT2D eigenvalue weighted by atomic mass is 10.1. The lowest BCUT2D eigenvalue weighted by Crippen LogP contribution is -2.27. The van der Waals surface area contributed by atoms with Gasteiger partial charge in [0.25, 0.3) is 0 Å². The average molecular weight is 483 g/mol. The van der Waals surface area contributed by atoms with Crippen molar-refractivity contribution in [3.05, 3.63) is 96.8 Å². The Hall–Kier alpha value is -4.23. The van der Waals surface area contributed by atoms with Crippen molar-refractivity contribution in [1.29, 1.82) is 0 Å². The van der Waals surface area contributed by atoms with Gasteiger partial charge in [-0.15, -0.1) is 0 Å². The zero-order valence-electron chi connectivity index (χ0n) is 20.5. The smallest absolute Gasteiger partial charge is 0.335 e. The van der Waals surface area contributed by atoms with Gasteiger partial charge in [-0.1, -0.05) is 44.2 Å². The number of rotatable bonds is 11. The highest BCUT2D eigenvalue weighted by Crippen LogP contribution is 2.33. The molecule has 0 saturated carbocycles. The molecule has 0 atom stereocenters. The van der Waals surface area contributed by atoms with Crippen LogP contribution in [0.2, 0.25) is 0 Å². The van der Waals surface area contributed by atoms with Crippen molar-refractivity contribution in [3.8, 4) is 16.9 Å². The summed E-state index contributed by atoms with van der Waals surface area (Å²) in [5.41, 5.74) is 3.75. The van der Waals surface area contributed by atoms with Crippen LogP contribution in [-0.4, -0.2) is 52.2 Å². The van der Waals surface area contributed by atoms with Gasteiger partial charge in [0, 0.05) is 35.9 Å². The van der Waals surface area contributed by atoms with Gasteiger partial charge in [-0.3, -0.25) is 4.90 Å². The van der Waals surface area contributed by atoms with E-state index in [2.05, 4.69) is 28.7 Å². The molecule has 7 heteroatoms. The van der Waals surface area contributed by atoms with Crippen LogP contribution in [0.4, 0.5) is 17.3 Å². The number of para-hydroxylation sites is 1. The number of carboxylic acid groups (broad SMARTS) is 1. The third kappa shape index (κ3) is 6.06. The van der Waals surface area contributed by atoms with Gasteiger partial charge in [0.05, 0.1) is 5.56 Å². The van der Waals surface area contributed by atoms with E-state index in [-0.39, 0.29) is 5.56 Å². The third-order valence-corrected chi connectivity index (χ3v) is 5.98. The molecule has 0 spiro atoms. The average Bonchev–Trinajstić information content (AvgIpc) is 2.93. The SMILES string of the molecule is CCN(CC)CCOc1ccc(N(c2ccccc2)c2ncc(-c3ccc(C(=O)O)cc3)cn2)cc1. The summed E-state index contributed by atoms with van der Waals surface area (Å²) in [5, 5.41) is 9.12. The first-order chi connectivity index (χ1) is 17.6. The van der Waals surface area contributed by atoms with E-state index in [1.54, 1.807) is 36.7 Å². The monoisotopic (exact) mass is 482 g/mol. The first-order valence-electron chi connectivity index (χ1n) is 12.0. The number of carboxylic acids is 1. The van der Waals surface area contributed by atoms with Crippen molar-refractivity contribution in [1.82, 2.24) is 14.9 Å². The Kier molecular flexibility index (Phi) is 8.26. The molecular weight excluding hydrogens is 452 g/mol. The number of nitrogens with zero attached hydrogens (tertiary/aromatic N) is 4. The maximum absolute atomic E-state index is 11.1. The molecule has 0 fully saturated rings. The topological polar surface area (TPSA) is 78.8 Å². The van der Waals surface area contributed by atoms with E-state index in [1.807, 2.05) is 59.5 Å². The number of carbonyl (C=O) groups is 1. The number of benzene rings is 3. The molecule has 0 bridgehead atoms. The number of ether oxygens (including phenoxy) is 1. The zero-order chi connectivity index (χ0) is 25.3. The predicted molar refractivity (Wildman–Crippen MR) is 142 cm³/mol. The number of anilines is 3. The Morgan fingerprint density at radius 3 is 2.00 bits per heavy atom. The maximum Gasteiger partial charge on any atom is 0.335 e. The zero-order valence-corrected chi connectivity index (χ0v) is 20.5. The van der Waals surface area contributed by atoms with E-state index in [9.17, 15) is 4.79 Å². The molecule has 0 aliphatic rings. The minimum Gasteiger partial charge on any atom is -0.492 e. The highest BCUT2D eigenvalue weighted by atomic mass is 16.5. The van der Waals surface area contributed by atoms with Gasteiger partial charge in [-0.05, 0) is 67.2 Å². The fourth-order valence-corrected chi connectivity index (χ4v) is 3.87. The van der Waals surface area contributed by atoms with Crippen LogP contribution in [0.25, 0.3) is 11.1 Å². The molecule has 4 rings (SSSR count). The number of hydrogen-bond acceptors (Lipinski definition) is 6. The Balaban J connectivity index is 1.55. The molecule has 1 N–H and O–H groups in total. The normalized spacial score (nSPS) is 10.9. The minimum absolute atomic E-state index is 0.243. The molecular formula is C29H30N4O3. The molecule has 3 aromatic carbocycles. The van der Waals surface area contributed by atoms with E-state index < -0.39 is 5.97 Å². The van der Waals surface area contributed by atoms with Gasteiger partial charge < -0.3 is 14.7 Å². The Labute approximate surface area is 211 Å². The Bertz CT molecular complexity index is 1240. The van der Waals surface area contributed by atoms with Crippen LogP contribution in [0.15, 0.2) is 91.3 Å². The lowest BCUT2D eigenvalue weighted by Gasteiger charge is -2.23. The van der Waals surface area contributed by atoms with Gasteiger partial charge >= 0.3 is 5.97 Å². The molecule has 36 heavy (non-hydrogen) atoms. The molecule has 0 aliphatic carbocycles. The second-order valence-electron chi connectivity index (χ2n) is 8.19. The maximum atomic E-state index is 11.1. The van der Waals surface area contributed by atoms with Crippen LogP contribution in [0, 0.1) is 0 Å². The van der Waals surface area contributed by atoms with Crippen molar-refractivity contribution in [3.63, 3.8) is 0 Å². The number of hydrogen-bond donors (Lipinski definition) is 1. The molecule has 1 aromatic heterocycles. The van der Waals surface area contributed by atoms with Gasteiger partial charge in [-0.25, -0.2) is 14.8 Å². The molecule has 0 saturated heterocycles. The Morgan fingerprint density at radius 2 is 1.42 bits per heavy atom. The predicted octanol–water partition coefficient (Wildman–Crippen LogP) is 6.03. The first-order valence-corrected chi connectivity index (χ1v) is 12.0. The second kappa shape index (κ2) is 12.0. The van der Waals surface area contributed by atoms with Crippen LogP contribution in [0.3, 0.4) is 0 Å². The van der Waals surface area contributed by atoms with Crippen LogP contribution >= 0.6 is 0 Å². The molecule has 0 aliphatic heterocycles. The fraction of sp³-hybridized carbons (Fsp3) is 0.207. The van der Waals surface area contributed by atoms with Gasteiger partial charge in [0.15, 0.2) is 0 Å². The molecule has 0 unspecified atom stereocenters. The van der Waals surface area contributed by atoms with Crippen molar-refractivity contribution in [2.45, 2.75) is 13.8 Å². The second-order valence-corrected chi connectivity index (χ2v) is 8.19. The molecule has 1 heterocycles. The van der Waals surface area contributed by atoms with Crippen LogP contribution in [0.5, 0.6) is 5.75 Å². The third-order valence-electron chi connectivity index (χ3n) is 5.98. The van der Waals surface area contributed by atoms with E-state index in [4.69, 9.17) is 9.84 Å². The standard InChI is InChI=1S/C29H30N4O3/c1-3-32(4-2)18-19-36-27-16-14-26(15-17-27)33(25-8-6-5-7-9-25)29-30-20-24(21-31-29)22-10-12-23(13-11-22)28(34)35/h5-17,20-21H,3-4,18-19H2,1-2H3,(H,34,35). The van der Waals surface area contributed by atoms with Gasteiger partial charge in [0.1, 0.15) is 12.4 Å². The summed E-state index contributed by atoms with van der Waals surface area (Å²) in [4.78, 5) is 24.7. The van der Waals surface area contributed by atoms with Crippen LogP contribution in [-0.2, 0) is 0 Å². The van der Waals surface area contributed by atoms with E-state index >= 15 is 0 Å². The van der Waals surface area contributed by atoms with Crippen molar-refractivity contribution in [2.75, 3.05) is 31.1 Å². The number of aromatic carboxylic acids is 1. The van der Waals surface area contributed by atoms with E-state index in [0.29, 0.717) is 12.6 Å². The summed E-state index contributed by atoms with van der Waals surface area (Å²) in [6.07, 6.45) is 3.50. The minimum atomic E-state index is -0.952. The van der Waals surface area contributed by atoms with Gasteiger partial charge in [0.2, 0.25) is 5.95 Å². The molecule has 0 amide bonds. The molecule has 0 radical (unpaired) electrons. The lowest BCUT2D eigenvalue weighted by molar-refractivity contribution is 0.0697. The van der Waals surface area contributed by atoms with E-state index in [0.717, 1.165) is 47.9 Å². The van der Waals surface area contributed by atoms with Crippen LogP contribution < -0.4 is 9.64 Å². The molecule has 7 nitrogen and oxygen atoms in total. The summed E-state index contributed by atoms with van der Waals surface area (Å²) >= 11 is 0. The number of likely N-dealkylation sites (N-methyl/N-ethyl adjacent to an activating group) is 1. The molecule has 184 valence electrons. The first kappa shape index (κ1) is 24.9. The van der Waals surface area contributed by atoms with E-state index in [1.165, 1.54) is 0 Å².